The van der Waals surface area contributed by atoms with E-state index in [9.17, 15) is 5.26 Å². The zero-order valence-corrected chi connectivity index (χ0v) is 9.71. The Labute approximate surface area is 102 Å². The molecule has 2 rings (SSSR count). The van der Waals surface area contributed by atoms with E-state index in [1.807, 2.05) is 48.5 Å². The molecular formula is C16H15N. The van der Waals surface area contributed by atoms with Crippen molar-refractivity contribution in [1.29, 1.82) is 5.26 Å². The van der Waals surface area contributed by atoms with Gasteiger partial charge in [-0.15, -0.1) is 0 Å². The van der Waals surface area contributed by atoms with Crippen LogP contribution in [0.1, 0.15) is 23.5 Å². The van der Waals surface area contributed by atoms with Gasteiger partial charge in [0.05, 0.1) is 12.0 Å². The highest BCUT2D eigenvalue weighted by Crippen LogP contribution is 2.20. The lowest BCUT2D eigenvalue weighted by molar-refractivity contribution is 0.746. The Balaban J connectivity index is 2.01. The summed E-state index contributed by atoms with van der Waals surface area (Å²) in [5.41, 5.74) is 2.41. The number of benzene rings is 2. The van der Waals surface area contributed by atoms with Gasteiger partial charge in [-0.05, 0) is 24.0 Å². The first-order chi connectivity index (χ1) is 8.40. The normalized spacial score (nSPS) is 11.7. The fourth-order valence-corrected chi connectivity index (χ4v) is 1.95. The Morgan fingerprint density at radius 2 is 1.47 bits per heavy atom. The first-order valence-electron chi connectivity index (χ1n) is 5.88. The van der Waals surface area contributed by atoms with Gasteiger partial charge >= 0.3 is 0 Å². The van der Waals surface area contributed by atoms with Gasteiger partial charge in [0.25, 0.3) is 0 Å². The molecule has 0 saturated carbocycles. The fraction of sp³-hybridized carbons (Fsp3) is 0.188. The van der Waals surface area contributed by atoms with Crippen molar-refractivity contribution in [2.45, 2.75) is 18.8 Å². The monoisotopic (exact) mass is 221 g/mol. The number of rotatable bonds is 4. The van der Waals surface area contributed by atoms with Gasteiger partial charge in [-0.25, -0.2) is 0 Å². The molecule has 0 fully saturated rings. The molecule has 0 radical (unpaired) electrons. The van der Waals surface area contributed by atoms with Crippen LogP contribution in [0, 0.1) is 11.3 Å². The van der Waals surface area contributed by atoms with E-state index in [2.05, 4.69) is 18.2 Å². The van der Waals surface area contributed by atoms with Crippen molar-refractivity contribution >= 4 is 0 Å². The van der Waals surface area contributed by atoms with Crippen LogP contribution in [0.4, 0.5) is 0 Å². The third-order valence-corrected chi connectivity index (χ3v) is 2.92. The predicted molar refractivity (Wildman–Crippen MR) is 69.6 cm³/mol. The first kappa shape index (κ1) is 11.4. The van der Waals surface area contributed by atoms with E-state index < -0.39 is 0 Å². The molecule has 1 atom stereocenters. The highest BCUT2D eigenvalue weighted by atomic mass is 14.3. The molecular weight excluding hydrogens is 206 g/mol. The van der Waals surface area contributed by atoms with Crippen LogP contribution in [-0.4, -0.2) is 0 Å². The van der Waals surface area contributed by atoms with Crippen LogP contribution in [0.15, 0.2) is 60.7 Å². The van der Waals surface area contributed by atoms with Gasteiger partial charge in [0.2, 0.25) is 0 Å². The Kier molecular flexibility index (Phi) is 3.94. The minimum absolute atomic E-state index is 0.00333. The van der Waals surface area contributed by atoms with Gasteiger partial charge in [-0.3, -0.25) is 0 Å². The molecule has 0 bridgehead atoms. The summed E-state index contributed by atoms with van der Waals surface area (Å²) < 4.78 is 0. The summed E-state index contributed by atoms with van der Waals surface area (Å²) in [5.74, 6) is -0.00333. The van der Waals surface area contributed by atoms with E-state index in [0.717, 1.165) is 18.4 Å². The van der Waals surface area contributed by atoms with Crippen LogP contribution in [0.5, 0.6) is 0 Å². The Hall–Kier alpha value is -2.07. The average molecular weight is 221 g/mol. The van der Waals surface area contributed by atoms with Crippen LogP contribution in [0.25, 0.3) is 0 Å². The molecule has 2 aromatic rings. The van der Waals surface area contributed by atoms with Crippen molar-refractivity contribution in [3.63, 3.8) is 0 Å². The average Bonchev–Trinajstić information content (AvgIpc) is 2.42. The summed E-state index contributed by atoms with van der Waals surface area (Å²) in [6, 6.07) is 22.7. The molecule has 0 aromatic heterocycles. The molecule has 0 heterocycles. The third kappa shape index (κ3) is 3.19. The third-order valence-electron chi connectivity index (χ3n) is 2.92. The number of aryl methyl sites for hydroxylation is 1. The zero-order chi connectivity index (χ0) is 11.9. The smallest absolute Gasteiger partial charge is 0.0715 e. The lowest BCUT2D eigenvalue weighted by Crippen LogP contribution is -1.98. The molecule has 0 saturated heterocycles. The summed E-state index contributed by atoms with van der Waals surface area (Å²) in [6.45, 7) is 0. The Morgan fingerprint density at radius 1 is 0.882 bits per heavy atom. The standard InChI is InChI=1S/C16H15N/c17-13-16(15-9-5-2-6-10-15)12-11-14-7-3-1-4-8-14/h1-10,16H,11-12H2. The molecule has 0 aliphatic heterocycles. The second-order valence-corrected chi connectivity index (χ2v) is 4.12. The summed E-state index contributed by atoms with van der Waals surface area (Å²) >= 11 is 0. The lowest BCUT2D eigenvalue weighted by Gasteiger charge is -2.09. The maximum Gasteiger partial charge on any atom is 0.0715 e. The maximum absolute atomic E-state index is 9.21. The number of hydrogen-bond donors (Lipinski definition) is 0. The fourth-order valence-electron chi connectivity index (χ4n) is 1.95. The van der Waals surface area contributed by atoms with Crippen molar-refractivity contribution in [3.05, 3.63) is 71.8 Å². The van der Waals surface area contributed by atoms with E-state index in [1.54, 1.807) is 0 Å². The van der Waals surface area contributed by atoms with E-state index in [4.69, 9.17) is 0 Å². The van der Waals surface area contributed by atoms with Crippen molar-refractivity contribution < 1.29 is 0 Å². The predicted octanol–water partition coefficient (Wildman–Crippen LogP) is 3.93. The van der Waals surface area contributed by atoms with Crippen molar-refractivity contribution in [2.24, 2.45) is 0 Å². The van der Waals surface area contributed by atoms with E-state index in [-0.39, 0.29) is 5.92 Å². The molecule has 1 heteroatoms. The minimum Gasteiger partial charge on any atom is -0.198 e. The van der Waals surface area contributed by atoms with Crippen LogP contribution in [-0.2, 0) is 6.42 Å². The molecule has 0 spiro atoms. The quantitative estimate of drug-likeness (QED) is 0.767. The van der Waals surface area contributed by atoms with Crippen molar-refractivity contribution in [2.75, 3.05) is 0 Å². The van der Waals surface area contributed by atoms with Crippen LogP contribution in [0.2, 0.25) is 0 Å². The van der Waals surface area contributed by atoms with Gasteiger partial charge < -0.3 is 0 Å². The summed E-state index contributed by atoms with van der Waals surface area (Å²) in [7, 11) is 0. The summed E-state index contributed by atoms with van der Waals surface area (Å²) in [6.07, 6.45) is 1.83. The second-order valence-electron chi connectivity index (χ2n) is 4.12. The maximum atomic E-state index is 9.21. The van der Waals surface area contributed by atoms with Gasteiger partial charge in [-0.1, -0.05) is 60.7 Å². The van der Waals surface area contributed by atoms with Crippen LogP contribution in [0.3, 0.4) is 0 Å². The summed E-state index contributed by atoms with van der Waals surface area (Å²) in [4.78, 5) is 0. The molecule has 0 aliphatic rings. The molecule has 0 aliphatic carbocycles. The molecule has 0 N–H and O–H groups in total. The van der Waals surface area contributed by atoms with Gasteiger partial charge in [0, 0.05) is 0 Å². The second kappa shape index (κ2) is 5.86. The SMILES string of the molecule is N#CC(CCc1ccccc1)c1ccccc1. The largest absolute Gasteiger partial charge is 0.198 e. The highest BCUT2D eigenvalue weighted by Gasteiger charge is 2.09. The molecule has 1 nitrogen and oxygen atoms in total. The molecule has 2 aromatic carbocycles. The van der Waals surface area contributed by atoms with Gasteiger partial charge in [0.1, 0.15) is 0 Å². The highest BCUT2D eigenvalue weighted by molar-refractivity contribution is 5.25. The Morgan fingerprint density at radius 3 is 2.06 bits per heavy atom. The van der Waals surface area contributed by atoms with Crippen molar-refractivity contribution in [3.8, 4) is 6.07 Å². The molecule has 84 valence electrons. The summed E-state index contributed by atoms with van der Waals surface area (Å²) in [5, 5.41) is 9.21. The zero-order valence-electron chi connectivity index (χ0n) is 9.71. The van der Waals surface area contributed by atoms with Crippen LogP contribution >= 0.6 is 0 Å². The molecule has 17 heavy (non-hydrogen) atoms. The van der Waals surface area contributed by atoms with Gasteiger partial charge in [-0.2, -0.15) is 5.26 Å². The first-order valence-corrected chi connectivity index (χ1v) is 5.88. The van der Waals surface area contributed by atoms with Crippen molar-refractivity contribution in [1.82, 2.24) is 0 Å². The number of nitrogens with zero attached hydrogens (tertiary/aromatic N) is 1. The lowest BCUT2D eigenvalue weighted by atomic mass is 9.94. The van der Waals surface area contributed by atoms with E-state index >= 15 is 0 Å². The number of hydrogen-bond acceptors (Lipinski definition) is 1. The van der Waals surface area contributed by atoms with E-state index in [0.29, 0.717) is 0 Å². The molecule has 1 unspecified atom stereocenters. The van der Waals surface area contributed by atoms with Gasteiger partial charge in [0.15, 0.2) is 0 Å². The Bertz CT molecular complexity index is 482. The molecule has 0 amide bonds. The van der Waals surface area contributed by atoms with E-state index in [1.165, 1.54) is 5.56 Å². The topological polar surface area (TPSA) is 23.8 Å². The minimum atomic E-state index is -0.00333. The number of nitriles is 1. The van der Waals surface area contributed by atoms with Crippen LogP contribution < -0.4 is 0 Å².